The first-order chi connectivity index (χ1) is 12.6. The fraction of sp³-hybridized carbons (Fsp3) is 0.0476. The van der Waals surface area contributed by atoms with Crippen molar-refractivity contribution in [2.45, 2.75) is 6.92 Å². The third-order valence-electron chi connectivity index (χ3n) is 3.99. The highest BCUT2D eigenvalue weighted by Crippen LogP contribution is 2.25. The minimum absolute atomic E-state index is 0.0465. The molecule has 3 aromatic rings. The van der Waals surface area contributed by atoms with Gasteiger partial charge in [0, 0.05) is 5.69 Å². The molecular weight excluding hydrogens is 328 g/mol. The predicted molar refractivity (Wildman–Crippen MR) is 102 cm³/mol. The first-order valence-corrected chi connectivity index (χ1v) is 8.11. The number of para-hydroxylation sites is 3. The van der Waals surface area contributed by atoms with Gasteiger partial charge in [0.25, 0.3) is 5.91 Å². The van der Waals surface area contributed by atoms with Gasteiger partial charge in [0.1, 0.15) is 0 Å². The van der Waals surface area contributed by atoms with Gasteiger partial charge in [-0.05, 0) is 42.8 Å². The Kier molecular flexibility index (Phi) is 4.99. The topological polar surface area (TPSA) is 78.4 Å². The number of anilines is 3. The summed E-state index contributed by atoms with van der Waals surface area (Å²) >= 11 is 0. The third-order valence-corrected chi connectivity index (χ3v) is 3.99. The standard InChI is InChI=1S/C21H18N2O3/c1-14-8-2-5-11-17(14)22-18-12-6-3-9-15(18)20(24)23-19-13-7-4-10-16(19)21(25)26/h2-13,22H,1H3,(H,23,24)(H,25,26). The molecule has 0 atom stereocenters. The lowest BCUT2D eigenvalue weighted by Crippen LogP contribution is -2.16. The highest BCUT2D eigenvalue weighted by Gasteiger charge is 2.15. The van der Waals surface area contributed by atoms with Crippen molar-refractivity contribution in [2.75, 3.05) is 10.6 Å². The SMILES string of the molecule is Cc1ccccc1Nc1ccccc1C(=O)Nc1ccccc1C(=O)O. The van der Waals surface area contributed by atoms with E-state index in [-0.39, 0.29) is 17.2 Å². The van der Waals surface area contributed by atoms with Gasteiger partial charge in [-0.3, -0.25) is 4.79 Å². The first-order valence-electron chi connectivity index (χ1n) is 8.11. The molecule has 0 aliphatic rings. The van der Waals surface area contributed by atoms with E-state index in [1.807, 2.05) is 43.3 Å². The monoisotopic (exact) mass is 346 g/mol. The predicted octanol–water partition coefficient (Wildman–Crippen LogP) is 4.69. The Hall–Kier alpha value is -3.60. The molecule has 0 aliphatic carbocycles. The number of amides is 1. The summed E-state index contributed by atoms with van der Waals surface area (Å²) in [5.74, 6) is -1.47. The second kappa shape index (κ2) is 7.53. The summed E-state index contributed by atoms with van der Waals surface area (Å²) in [7, 11) is 0. The van der Waals surface area contributed by atoms with Gasteiger partial charge in [-0.15, -0.1) is 0 Å². The molecule has 5 nitrogen and oxygen atoms in total. The van der Waals surface area contributed by atoms with E-state index in [2.05, 4.69) is 10.6 Å². The molecule has 0 saturated carbocycles. The molecular formula is C21H18N2O3. The zero-order valence-corrected chi connectivity index (χ0v) is 14.2. The molecule has 0 fully saturated rings. The number of carbonyl (C=O) groups excluding carboxylic acids is 1. The Labute approximate surface area is 151 Å². The maximum Gasteiger partial charge on any atom is 0.337 e. The van der Waals surface area contributed by atoms with E-state index in [1.54, 1.807) is 30.3 Å². The maximum atomic E-state index is 12.7. The van der Waals surface area contributed by atoms with E-state index in [1.165, 1.54) is 6.07 Å². The number of carbonyl (C=O) groups is 2. The molecule has 5 heteroatoms. The normalized spacial score (nSPS) is 10.2. The fourth-order valence-electron chi connectivity index (χ4n) is 2.62. The van der Waals surface area contributed by atoms with E-state index in [9.17, 15) is 14.7 Å². The Balaban J connectivity index is 1.90. The Morgan fingerprint density at radius 1 is 0.731 bits per heavy atom. The van der Waals surface area contributed by atoms with Crippen LogP contribution >= 0.6 is 0 Å². The molecule has 0 bridgehead atoms. The van der Waals surface area contributed by atoms with Crippen LogP contribution in [-0.2, 0) is 0 Å². The summed E-state index contributed by atoms with van der Waals surface area (Å²) in [5, 5.41) is 15.2. The van der Waals surface area contributed by atoms with Crippen LogP contribution in [0.5, 0.6) is 0 Å². The van der Waals surface area contributed by atoms with E-state index < -0.39 is 5.97 Å². The summed E-state index contributed by atoms with van der Waals surface area (Å²) in [6.07, 6.45) is 0. The van der Waals surface area contributed by atoms with Crippen LogP contribution in [0.25, 0.3) is 0 Å². The number of carboxylic acids is 1. The lowest BCUT2D eigenvalue weighted by Gasteiger charge is -2.14. The maximum absolute atomic E-state index is 12.7. The second-order valence-electron chi connectivity index (χ2n) is 5.79. The lowest BCUT2D eigenvalue weighted by molar-refractivity contribution is 0.0698. The number of carboxylic acid groups (broad SMARTS) is 1. The number of benzene rings is 3. The van der Waals surface area contributed by atoms with Crippen molar-refractivity contribution in [3.05, 3.63) is 89.5 Å². The van der Waals surface area contributed by atoms with Crippen molar-refractivity contribution in [1.29, 1.82) is 0 Å². The van der Waals surface area contributed by atoms with Crippen molar-refractivity contribution in [1.82, 2.24) is 0 Å². The first kappa shape index (κ1) is 17.2. The number of hydrogen-bond acceptors (Lipinski definition) is 3. The largest absolute Gasteiger partial charge is 0.478 e. The molecule has 3 aromatic carbocycles. The smallest absolute Gasteiger partial charge is 0.337 e. The highest BCUT2D eigenvalue weighted by molar-refractivity contribution is 6.10. The molecule has 0 spiro atoms. The van der Waals surface area contributed by atoms with Crippen molar-refractivity contribution >= 4 is 28.9 Å². The molecule has 0 unspecified atom stereocenters. The van der Waals surface area contributed by atoms with Crippen LogP contribution in [0.1, 0.15) is 26.3 Å². The minimum Gasteiger partial charge on any atom is -0.478 e. The van der Waals surface area contributed by atoms with Crippen LogP contribution in [0.4, 0.5) is 17.1 Å². The van der Waals surface area contributed by atoms with Crippen molar-refractivity contribution in [3.63, 3.8) is 0 Å². The molecule has 1 amide bonds. The van der Waals surface area contributed by atoms with Crippen LogP contribution in [-0.4, -0.2) is 17.0 Å². The molecule has 0 saturated heterocycles. The van der Waals surface area contributed by atoms with Gasteiger partial charge in [-0.1, -0.05) is 42.5 Å². The van der Waals surface area contributed by atoms with Crippen molar-refractivity contribution in [3.8, 4) is 0 Å². The van der Waals surface area contributed by atoms with Gasteiger partial charge < -0.3 is 15.7 Å². The molecule has 130 valence electrons. The van der Waals surface area contributed by atoms with Crippen LogP contribution in [0.3, 0.4) is 0 Å². The second-order valence-corrected chi connectivity index (χ2v) is 5.79. The molecule has 0 radical (unpaired) electrons. The zero-order chi connectivity index (χ0) is 18.5. The summed E-state index contributed by atoms with van der Waals surface area (Å²) < 4.78 is 0. The average Bonchev–Trinajstić information content (AvgIpc) is 2.64. The van der Waals surface area contributed by atoms with E-state index >= 15 is 0 Å². The van der Waals surface area contributed by atoms with Gasteiger partial charge in [-0.25, -0.2) is 4.79 Å². The highest BCUT2D eigenvalue weighted by atomic mass is 16.4. The number of aromatic carboxylic acids is 1. The number of aryl methyl sites for hydroxylation is 1. The Morgan fingerprint density at radius 2 is 1.27 bits per heavy atom. The van der Waals surface area contributed by atoms with Crippen LogP contribution in [0.15, 0.2) is 72.8 Å². The molecule has 3 N–H and O–H groups in total. The van der Waals surface area contributed by atoms with Crippen LogP contribution in [0.2, 0.25) is 0 Å². The van der Waals surface area contributed by atoms with E-state index in [4.69, 9.17) is 0 Å². The molecule has 0 aromatic heterocycles. The van der Waals surface area contributed by atoms with E-state index in [0.29, 0.717) is 11.3 Å². The number of nitrogens with one attached hydrogen (secondary N) is 2. The summed E-state index contributed by atoms with van der Waals surface area (Å²) in [6.45, 7) is 1.98. The van der Waals surface area contributed by atoms with E-state index in [0.717, 1.165) is 11.3 Å². The average molecular weight is 346 g/mol. The molecule has 3 rings (SSSR count). The van der Waals surface area contributed by atoms with Crippen LogP contribution < -0.4 is 10.6 Å². The Bertz CT molecular complexity index is 967. The van der Waals surface area contributed by atoms with Crippen LogP contribution in [0, 0.1) is 6.92 Å². The van der Waals surface area contributed by atoms with Gasteiger partial charge >= 0.3 is 5.97 Å². The summed E-state index contributed by atoms with van der Waals surface area (Å²) in [4.78, 5) is 24.1. The summed E-state index contributed by atoms with van der Waals surface area (Å²) in [5.41, 5.74) is 3.33. The van der Waals surface area contributed by atoms with Gasteiger partial charge in [0.15, 0.2) is 0 Å². The van der Waals surface area contributed by atoms with Gasteiger partial charge in [0.2, 0.25) is 0 Å². The lowest BCUT2D eigenvalue weighted by atomic mass is 10.1. The van der Waals surface area contributed by atoms with Crippen molar-refractivity contribution < 1.29 is 14.7 Å². The minimum atomic E-state index is -1.09. The Morgan fingerprint density at radius 3 is 1.92 bits per heavy atom. The fourth-order valence-corrected chi connectivity index (χ4v) is 2.62. The third kappa shape index (κ3) is 3.72. The molecule has 0 aliphatic heterocycles. The number of rotatable bonds is 5. The van der Waals surface area contributed by atoms with Gasteiger partial charge in [0.05, 0.1) is 22.5 Å². The quantitative estimate of drug-likeness (QED) is 0.626. The van der Waals surface area contributed by atoms with Gasteiger partial charge in [-0.2, -0.15) is 0 Å². The molecule has 0 heterocycles. The molecule has 26 heavy (non-hydrogen) atoms. The summed E-state index contributed by atoms with van der Waals surface area (Å²) in [6, 6.07) is 21.2. The zero-order valence-electron chi connectivity index (χ0n) is 14.2. The van der Waals surface area contributed by atoms with Crippen molar-refractivity contribution in [2.24, 2.45) is 0 Å². The number of hydrogen-bond donors (Lipinski definition) is 3.